The van der Waals surface area contributed by atoms with Crippen LogP contribution >= 0.6 is 0 Å². The second-order valence-electron chi connectivity index (χ2n) is 6.26. The van der Waals surface area contributed by atoms with Crippen molar-refractivity contribution in [2.45, 2.75) is 5.92 Å². The van der Waals surface area contributed by atoms with Crippen LogP contribution in [0.2, 0.25) is 0 Å². The molecule has 142 valence electrons. The maximum Gasteiger partial charge on any atom is 0.237 e. The number of amides is 2. The first-order valence-corrected chi connectivity index (χ1v) is 8.17. The minimum Gasteiger partial charge on any atom is -0.494 e. The number of nitrogens with zero attached hydrogens (tertiary/aromatic N) is 1. The van der Waals surface area contributed by atoms with Crippen LogP contribution in [0, 0.1) is 23.4 Å². The van der Waals surface area contributed by atoms with Gasteiger partial charge in [-0.25, -0.2) is 13.2 Å². The zero-order valence-electron chi connectivity index (χ0n) is 14.6. The number of methoxy groups -OCH3 is 1. The van der Waals surface area contributed by atoms with Gasteiger partial charge in [0.25, 0.3) is 0 Å². The lowest BCUT2D eigenvalue weighted by molar-refractivity contribution is -0.135. The molecule has 3 rings (SSSR count). The molecule has 1 aliphatic rings. The van der Waals surface area contributed by atoms with Gasteiger partial charge in [0.2, 0.25) is 11.8 Å². The molecule has 0 spiro atoms. The molecule has 1 saturated heterocycles. The number of rotatable bonds is 4. The van der Waals surface area contributed by atoms with Crippen LogP contribution in [-0.2, 0) is 9.59 Å². The summed E-state index contributed by atoms with van der Waals surface area (Å²) in [7, 11) is 2.80. The summed E-state index contributed by atoms with van der Waals surface area (Å²) in [5, 5.41) is 2.24. The van der Waals surface area contributed by atoms with Crippen LogP contribution in [-0.4, -0.2) is 37.4 Å². The van der Waals surface area contributed by atoms with Crippen molar-refractivity contribution in [3.05, 3.63) is 59.4 Å². The number of likely N-dealkylation sites (tertiary alicyclic amines) is 1. The molecule has 0 aliphatic carbocycles. The molecule has 0 bridgehead atoms. The number of ether oxygens (including phenoxy) is 1. The molecule has 27 heavy (non-hydrogen) atoms. The van der Waals surface area contributed by atoms with Gasteiger partial charge in [0, 0.05) is 19.5 Å². The molecule has 1 fully saturated rings. The fourth-order valence-electron chi connectivity index (χ4n) is 3.26. The number of benzene rings is 2. The Balaban J connectivity index is 1.95. The van der Waals surface area contributed by atoms with Crippen molar-refractivity contribution in [3.63, 3.8) is 0 Å². The van der Waals surface area contributed by atoms with Crippen LogP contribution in [0.4, 0.5) is 18.9 Å². The lowest BCUT2D eigenvalue weighted by atomic mass is 9.87. The summed E-state index contributed by atoms with van der Waals surface area (Å²) in [5.74, 6) is -6.47. The maximum atomic E-state index is 14.7. The van der Waals surface area contributed by atoms with E-state index in [1.165, 1.54) is 43.3 Å². The molecule has 0 saturated carbocycles. The van der Waals surface area contributed by atoms with Crippen molar-refractivity contribution < 1.29 is 27.5 Å². The van der Waals surface area contributed by atoms with Gasteiger partial charge in [0.05, 0.1) is 12.8 Å². The topological polar surface area (TPSA) is 58.6 Å². The average molecular weight is 378 g/mol. The van der Waals surface area contributed by atoms with Gasteiger partial charge in [-0.2, -0.15) is 0 Å². The van der Waals surface area contributed by atoms with E-state index in [1.54, 1.807) is 6.07 Å². The van der Waals surface area contributed by atoms with E-state index >= 15 is 0 Å². The van der Waals surface area contributed by atoms with E-state index < -0.39 is 41.1 Å². The molecule has 0 unspecified atom stereocenters. The predicted molar refractivity (Wildman–Crippen MR) is 91.8 cm³/mol. The summed E-state index contributed by atoms with van der Waals surface area (Å²) < 4.78 is 46.8. The van der Waals surface area contributed by atoms with E-state index in [-0.39, 0.29) is 23.5 Å². The summed E-state index contributed by atoms with van der Waals surface area (Å²) >= 11 is 0. The first-order chi connectivity index (χ1) is 12.8. The molecule has 8 heteroatoms. The highest BCUT2D eigenvalue weighted by atomic mass is 19.2. The van der Waals surface area contributed by atoms with Gasteiger partial charge in [0.15, 0.2) is 23.2 Å². The number of hydrogen-bond acceptors (Lipinski definition) is 3. The van der Waals surface area contributed by atoms with Crippen molar-refractivity contribution in [3.8, 4) is 5.75 Å². The van der Waals surface area contributed by atoms with Crippen LogP contribution in [0.25, 0.3) is 0 Å². The molecule has 2 atom stereocenters. The molecule has 0 radical (unpaired) electrons. The van der Waals surface area contributed by atoms with E-state index in [2.05, 4.69) is 5.32 Å². The monoisotopic (exact) mass is 378 g/mol. The third-order valence-corrected chi connectivity index (χ3v) is 4.62. The van der Waals surface area contributed by atoms with Gasteiger partial charge in [-0.15, -0.1) is 0 Å². The highest BCUT2D eigenvalue weighted by Gasteiger charge is 2.45. The number of carbonyl (C=O) groups excluding carboxylic acids is 2. The highest BCUT2D eigenvalue weighted by molar-refractivity contribution is 6.08. The Labute approximate surface area is 153 Å². The lowest BCUT2D eigenvalue weighted by Gasteiger charge is -2.18. The van der Waals surface area contributed by atoms with E-state index in [0.717, 1.165) is 6.07 Å². The first kappa shape index (κ1) is 18.8. The van der Waals surface area contributed by atoms with Crippen LogP contribution in [0.5, 0.6) is 5.75 Å². The molecule has 1 N–H and O–H groups in total. The number of carbonyl (C=O) groups is 2. The van der Waals surface area contributed by atoms with E-state index in [0.29, 0.717) is 0 Å². The van der Waals surface area contributed by atoms with E-state index in [4.69, 9.17) is 4.74 Å². The molecule has 2 aromatic rings. The zero-order valence-corrected chi connectivity index (χ0v) is 14.6. The Morgan fingerprint density at radius 2 is 1.85 bits per heavy atom. The summed E-state index contributed by atoms with van der Waals surface area (Å²) in [6.45, 7) is 0.104. The summed E-state index contributed by atoms with van der Waals surface area (Å²) in [4.78, 5) is 26.5. The Hall–Kier alpha value is -3.03. The predicted octanol–water partition coefficient (Wildman–Crippen LogP) is 2.92. The molecular formula is C19H17F3N2O3. The van der Waals surface area contributed by atoms with Crippen molar-refractivity contribution in [2.24, 2.45) is 5.92 Å². The Morgan fingerprint density at radius 3 is 2.56 bits per heavy atom. The normalized spacial score (nSPS) is 19.3. The quantitative estimate of drug-likeness (QED) is 0.833. The van der Waals surface area contributed by atoms with Crippen molar-refractivity contribution in [2.75, 3.05) is 26.0 Å². The van der Waals surface area contributed by atoms with Gasteiger partial charge < -0.3 is 15.0 Å². The molecule has 5 nitrogen and oxygen atoms in total. The molecule has 1 aliphatic heterocycles. The standard InChI is InChI=1S/C19H17F3N2O3/c1-24-9-11(10-5-3-8-14(27-2)16(10)21)15(19(24)26)18(25)23-13-7-4-6-12(20)17(13)22/h3-8,11,15H,9H2,1-2H3,(H,23,25)/t11-,15+/m1/s1. The third-order valence-electron chi connectivity index (χ3n) is 4.62. The van der Waals surface area contributed by atoms with Gasteiger partial charge in [0.1, 0.15) is 5.92 Å². The summed E-state index contributed by atoms with van der Waals surface area (Å²) in [6, 6.07) is 7.78. The minimum atomic E-state index is -1.28. The number of halogens is 3. The average Bonchev–Trinajstić information content (AvgIpc) is 2.94. The largest absolute Gasteiger partial charge is 0.494 e. The molecule has 0 aromatic heterocycles. The highest BCUT2D eigenvalue weighted by Crippen LogP contribution is 2.37. The van der Waals surface area contributed by atoms with Crippen molar-refractivity contribution in [1.29, 1.82) is 0 Å². The number of nitrogens with one attached hydrogen (secondary N) is 1. The molecular weight excluding hydrogens is 361 g/mol. The van der Waals surface area contributed by atoms with Crippen molar-refractivity contribution >= 4 is 17.5 Å². The summed E-state index contributed by atoms with van der Waals surface area (Å²) in [6.07, 6.45) is 0. The lowest BCUT2D eigenvalue weighted by Crippen LogP contribution is -2.33. The molecule has 1 heterocycles. The van der Waals surface area contributed by atoms with Crippen LogP contribution in [0.3, 0.4) is 0 Å². The smallest absolute Gasteiger partial charge is 0.237 e. The number of likely N-dealkylation sites (N-methyl/N-ethyl adjacent to an activating group) is 1. The van der Waals surface area contributed by atoms with Gasteiger partial charge in [-0.1, -0.05) is 18.2 Å². The van der Waals surface area contributed by atoms with Gasteiger partial charge in [-0.05, 0) is 23.8 Å². The Morgan fingerprint density at radius 1 is 1.15 bits per heavy atom. The second-order valence-corrected chi connectivity index (χ2v) is 6.26. The van der Waals surface area contributed by atoms with Crippen molar-refractivity contribution in [1.82, 2.24) is 4.90 Å². The first-order valence-electron chi connectivity index (χ1n) is 8.17. The number of anilines is 1. The van der Waals surface area contributed by atoms with E-state index in [1.807, 2.05) is 0 Å². The van der Waals surface area contributed by atoms with Crippen LogP contribution < -0.4 is 10.1 Å². The Kier molecular flexibility index (Phi) is 5.07. The molecule has 2 aromatic carbocycles. The maximum absolute atomic E-state index is 14.7. The second kappa shape index (κ2) is 7.30. The van der Waals surface area contributed by atoms with Crippen LogP contribution in [0.1, 0.15) is 11.5 Å². The Bertz CT molecular complexity index is 904. The summed E-state index contributed by atoms with van der Waals surface area (Å²) in [5.41, 5.74) is -0.237. The van der Waals surface area contributed by atoms with E-state index in [9.17, 15) is 22.8 Å². The minimum absolute atomic E-state index is 0.00941. The third kappa shape index (κ3) is 3.34. The fraction of sp³-hybridized carbons (Fsp3) is 0.263. The van der Waals surface area contributed by atoms with Gasteiger partial charge in [-0.3, -0.25) is 9.59 Å². The fourth-order valence-corrected chi connectivity index (χ4v) is 3.26. The molecule has 2 amide bonds. The van der Waals surface area contributed by atoms with Crippen LogP contribution in [0.15, 0.2) is 36.4 Å². The SMILES string of the molecule is COc1cccc([C@H]2CN(C)C(=O)[C@@H]2C(=O)Nc2cccc(F)c2F)c1F. The zero-order chi connectivity index (χ0) is 19.7. The number of hydrogen-bond donors (Lipinski definition) is 1. The van der Waals surface area contributed by atoms with Gasteiger partial charge >= 0.3 is 0 Å².